The summed E-state index contributed by atoms with van der Waals surface area (Å²) >= 11 is 0. The lowest BCUT2D eigenvalue weighted by atomic mass is 9.95. The molecule has 0 aromatic heterocycles. The minimum atomic E-state index is -0.148. The van der Waals surface area contributed by atoms with Crippen molar-refractivity contribution in [1.82, 2.24) is 10.6 Å². The fourth-order valence-corrected chi connectivity index (χ4v) is 3.39. The van der Waals surface area contributed by atoms with E-state index in [0.29, 0.717) is 13.1 Å². The number of nitrogens with one attached hydrogen (secondary N) is 2. The van der Waals surface area contributed by atoms with Crippen molar-refractivity contribution in [2.75, 3.05) is 26.2 Å². The van der Waals surface area contributed by atoms with Crippen LogP contribution in [0.5, 0.6) is 0 Å². The first-order chi connectivity index (χ1) is 11.6. The smallest absolute Gasteiger partial charge is 0.191 e. The molecule has 1 aromatic carbocycles. The highest BCUT2D eigenvalue weighted by molar-refractivity contribution is 5.80. The third-order valence-corrected chi connectivity index (χ3v) is 5.11. The molecular weight excluding hydrogens is 305 g/mol. The number of benzene rings is 1. The lowest BCUT2D eigenvalue weighted by molar-refractivity contribution is 0.0283. The van der Waals surface area contributed by atoms with Crippen LogP contribution in [-0.2, 0) is 10.2 Å². The molecule has 0 amide bonds. The lowest BCUT2D eigenvalue weighted by Gasteiger charge is -2.23. The molecule has 2 fully saturated rings. The van der Waals surface area contributed by atoms with Crippen LogP contribution in [0, 0.1) is 5.82 Å². The number of rotatable bonds is 6. The third-order valence-electron chi connectivity index (χ3n) is 5.11. The molecular formula is C19H28FN3O. The van der Waals surface area contributed by atoms with E-state index < -0.39 is 0 Å². The van der Waals surface area contributed by atoms with Gasteiger partial charge in [-0.3, -0.25) is 4.99 Å². The van der Waals surface area contributed by atoms with Gasteiger partial charge in [0.15, 0.2) is 5.96 Å². The van der Waals surface area contributed by atoms with Crippen LogP contribution < -0.4 is 10.6 Å². The molecule has 24 heavy (non-hydrogen) atoms. The molecule has 2 N–H and O–H groups in total. The van der Waals surface area contributed by atoms with Gasteiger partial charge in [0.1, 0.15) is 5.82 Å². The van der Waals surface area contributed by atoms with E-state index in [4.69, 9.17) is 4.74 Å². The Hall–Kier alpha value is -1.62. The second-order valence-electron chi connectivity index (χ2n) is 7.21. The van der Waals surface area contributed by atoms with Crippen molar-refractivity contribution in [1.29, 1.82) is 0 Å². The molecule has 0 bridgehead atoms. The molecule has 0 radical (unpaired) electrons. The van der Waals surface area contributed by atoms with E-state index in [1.165, 1.54) is 0 Å². The van der Waals surface area contributed by atoms with E-state index >= 15 is 0 Å². The second kappa shape index (κ2) is 7.09. The highest BCUT2D eigenvalue weighted by atomic mass is 19.1. The summed E-state index contributed by atoms with van der Waals surface area (Å²) in [5.41, 5.74) is 0.583. The van der Waals surface area contributed by atoms with Gasteiger partial charge in [0.2, 0.25) is 0 Å². The largest absolute Gasteiger partial charge is 0.373 e. The summed E-state index contributed by atoms with van der Waals surface area (Å²) in [6.45, 7) is 7.15. The Labute approximate surface area is 143 Å². The number of hydrogen-bond acceptors (Lipinski definition) is 2. The van der Waals surface area contributed by atoms with Gasteiger partial charge in [-0.1, -0.05) is 18.2 Å². The maximum absolute atomic E-state index is 14.1. The maximum Gasteiger partial charge on any atom is 0.191 e. The van der Waals surface area contributed by atoms with Crippen molar-refractivity contribution in [2.24, 2.45) is 4.99 Å². The van der Waals surface area contributed by atoms with Gasteiger partial charge in [0.05, 0.1) is 12.1 Å². The monoisotopic (exact) mass is 333 g/mol. The fraction of sp³-hybridized carbons (Fsp3) is 0.632. The van der Waals surface area contributed by atoms with E-state index in [-0.39, 0.29) is 16.8 Å². The molecule has 1 saturated carbocycles. The normalized spacial score (nSPS) is 25.5. The van der Waals surface area contributed by atoms with E-state index in [0.717, 1.165) is 50.4 Å². The average molecular weight is 333 g/mol. The predicted molar refractivity (Wildman–Crippen MR) is 94.9 cm³/mol. The Morgan fingerprint density at radius 3 is 2.67 bits per heavy atom. The molecule has 5 heteroatoms. The number of nitrogens with zero attached hydrogens (tertiary/aromatic N) is 1. The standard InChI is InChI=1S/C19H28FN3O/c1-3-21-17(22-13-18(2)9-6-12-24-18)23-14-19(10-11-19)15-7-4-5-8-16(15)20/h4-5,7-8H,3,6,9-14H2,1-2H3,(H2,21,22,23). The Balaban J connectivity index is 1.63. The molecule has 1 atom stereocenters. The van der Waals surface area contributed by atoms with Gasteiger partial charge >= 0.3 is 0 Å². The molecule has 1 aliphatic carbocycles. The van der Waals surface area contributed by atoms with E-state index in [2.05, 4.69) is 29.5 Å². The van der Waals surface area contributed by atoms with E-state index in [1.807, 2.05) is 12.1 Å². The second-order valence-corrected chi connectivity index (χ2v) is 7.21. The first-order valence-electron chi connectivity index (χ1n) is 8.98. The molecule has 2 aliphatic rings. The lowest BCUT2D eigenvalue weighted by Crippen LogP contribution is -2.42. The zero-order chi connectivity index (χ0) is 17.0. The first kappa shape index (κ1) is 17.2. The Morgan fingerprint density at radius 1 is 1.25 bits per heavy atom. The van der Waals surface area contributed by atoms with E-state index in [1.54, 1.807) is 12.1 Å². The summed E-state index contributed by atoms with van der Waals surface area (Å²) < 4.78 is 19.9. The molecule has 132 valence electrons. The number of aliphatic imine (C=N–C) groups is 1. The summed E-state index contributed by atoms with van der Waals surface area (Å²) in [6, 6.07) is 7.11. The van der Waals surface area contributed by atoms with Gasteiger partial charge < -0.3 is 15.4 Å². The van der Waals surface area contributed by atoms with Crippen molar-refractivity contribution in [2.45, 2.75) is 50.5 Å². The molecule has 1 saturated heterocycles. The summed E-state index contributed by atoms with van der Waals surface area (Å²) in [4.78, 5) is 4.69. The number of ether oxygens (including phenoxy) is 1. The van der Waals surface area contributed by atoms with Gasteiger partial charge in [0, 0.05) is 25.1 Å². The van der Waals surface area contributed by atoms with Crippen molar-refractivity contribution in [3.63, 3.8) is 0 Å². The maximum atomic E-state index is 14.1. The first-order valence-corrected chi connectivity index (χ1v) is 8.98. The van der Waals surface area contributed by atoms with Crippen LogP contribution in [0.15, 0.2) is 29.3 Å². The van der Waals surface area contributed by atoms with Crippen LogP contribution in [-0.4, -0.2) is 37.8 Å². The van der Waals surface area contributed by atoms with Crippen LogP contribution in [0.4, 0.5) is 4.39 Å². The van der Waals surface area contributed by atoms with Gasteiger partial charge in [-0.2, -0.15) is 0 Å². The Kier molecular flexibility index (Phi) is 5.09. The zero-order valence-corrected chi connectivity index (χ0v) is 14.7. The molecule has 1 aliphatic heterocycles. The molecule has 1 unspecified atom stereocenters. The molecule has 4 nitrogen and oxygen atoms in total. The molecule has 1 aromatic rings. The van der Waals surface area contributed by atoms with Gasteiger partial charge in [0.25, 0.3) is 0 Å². The van der Waals surface area contributed by atoms with Crippen LogP contribution >= 0.6 is 0 Å². The number of halogens is 1. The van der Waals surface area contributed by atoms with Crippen LogP contribution in [0.2, 0.25) is 0 Å². The summed E-state index contributed by atoms with van der Waals surface area (Å²) in [7, 11) is 0. The fourth-order valence-electron chi connectivity index (χ4n) is 3.39. The Bertz CT molecular complexity index is 592. The zero-order valence-electron chi connectivity index (χ0n) is 14.7. The summed E-state index contributed by atoms with van der Waals surface area (Å²) in [6.07, 6.45) is 4.18. The highest BCUT2D eigenvalue weighted by Crippen LogP contribution is 2.48. The topological polar surface area (TPSA) is 45.7 Å². The van der Waals surface area contributed by atoms with E-state index in [9.17, 15) is 4.39 Å². The molecule has 0 spiro atoms. The van der Waals surface area contributed by atoms with Gasteiger partial charge in [-0.05, 0) is 51.2 Å². The van der Waals surface area contributed by atoms with Crippen LogP contribution in [0.25, 0.3) is 0 Å². The van der Waals surface area contributed by atoms with Gasteiger partial charge in [-0.25, -0.2) is 4.39 Å². The SMILES string of the molecule is CCNC(=NCC1(C)CCCO1)NCC1(c2ccccc2F)CC1. The third kappa shape index (κ3) is 3.89. The van der Waals surface area contributed by atoms with Gasteiger partial charge in [-0.15, -0.1) is 0 Å². The minimum absolute atomic E-state index is 0.0880. The quantitative estimate of drug-likeness (QED) is 0.621. The average Bonchev–Trinajstić information content (AvgIpc) is 3.24. The number of hydrogen-bond donors (Lipinski definition) is 2. The molecule has 3 rings (SSSR count). The van der Waals surface area contributed by atoms with Crippen molar-refractivity contribution in [3.05, 3.63) is 35.6 Å². The van der Waals surface area contributed by atoms with Crippen LogP contribution in [0.3, 0.4) is 0 Å². The van der Waals surface area contributed by atoms with Crippen molar-refractivity contribution >= 4 is 5.96 Å². The summed E-state index contributed by atoms with van der Waals surface area (Å²) in [5.74, 6) is 0.683. The Morgan fingerprint density at radius 2 is 2.04 bits per heavy atom. The molecule has 1 heterocycles. The predicted octanol–water partition coefficient (Wildman–Crippen LogP) is 2.98. The summed E-state index contributed by atoms with van der Waals surface area (Å²) in [5, 5.41) is 6.69. The van der Waals surface area contributed by atoms with Crippen LogP contribution in [0.1, 0.15) is 45.1 Å². The minimum Gasteiger partial charge on any atom is -0.373 e. The van der Waals surface area contributed by atoms with Crippen molar-refractivity contribution in [3.8, 4) is 0 Å². The number of guanidine groups is 1. The van der Waals surface area contributed by atoms with Crippen molar-refractivity contribution < 1.29 is 9.13 Å². The highest BCUT2D eigenvalue weighted by Gasteiger charge is 2.45.